The molecule has 0 saturated heterocycles. The zero-order valence-electron chi connectivity index (χ0n) is 14.9. The zero-order valence-corrected chi connectivity index (χ0v) is 15.7. The average molecular weight is 388 g/mol. The summed E-state index contributed by atoms with van der Waals surface area (Å²) in [6.45, 7) is 3.94. The molecule has 1 aromatic carbocycles. The van der Waals surface area contributed by atoms with Crippen LogP contribution in [-0.2, 0) is 14.8 Å². The predicted molar refractivity (Wildman–Crippen MR) is 101 cm³/mol. The van der Waals surface area contributed by atoms with Crippen LogP contribution in [0.15, 0.2) is 52.6 Å². The molecule has 1 aromatic rings. The molecule has 1 atom stereocenters. The summed E-state index contributed by atoms with van der Waals surface area (Å²) in [5.74, 6) is 4.21. The van der Waals surface area contributed by atoms with Crippen LogP contribution in [0.4, 0.5) is 0 Å². The van der Waals surface area contributed by atoms with Crippen LogP contribution in [0.25, 0.3) is 0 Å². The smallest absolute Gasteiger partial charge is 0.268 e. The minimum absolute atomic E-state index is 0.0239. The number of Topliss-reactive ketones (excluding diaryl/α,β-unsaturated/α-hetero) is 1. The minimum Gasteiger partial charge on any atom is -0.330 e. The van der Waals surface area contributed by atoms with Gasteiger partial charge in [0.05, 0.1) is 12.1 Å². The van der Waals surface area contributed by atoms with Crippen LogP contribution in [0.5, 0.6) is 0 Å². The fourth-order valence-corrected chi connectivity index (χ4v) is 4.27. The van der Waals surface area contributed by atoms with Crippen molar-refractivity contribution >= 4 is 27.5 Å². The van der Waals surface area contributed by atoms with Crippen LogP contribution in [0.1, 0.15) is 35.7 Å². The van der Waals surface area contributed by atoms with E-state index in [2.05, 4.69) is 4.40 Å². The first-order valence-electron chi connectivity index (χ1n) is 8.39. The zero-order chi connectivity index (χ0) is 19.8. The average Bonchev–Trinajstić information content (AvgIpc) is 2.65. The molecule has 27 heavy (non-hydrogen) atoms. The SMILES string of the molecule is CC(C)c1ccc(C(=O)C2CN3C=CC=C(C(=O)NN)C3=NS2(=O)=O)cc1. The number of ketones is 1. The predicted octanol–water partition coefficient (Wildman–Crippen LogP) is 0.849. The highest BCUT2D eigenvalue weighted by molar-refractivity contribution is 7.91. The van der Waals surface area contributed by atoms with Crippen molar-refractivity contribution in [3.8, 4) is 0 Å². The molecule has 3 rings (SSSR count). The van der Waals surface area contributed by atoms with Gasteiger partial charge in [0, 0.05) is 11.8 Å². The van der Waals surface area contributed by atoms with Gasteiger partial charge in [-0.2, -0.15) is 0 Å². The Hall–Kier alpha value is -2.78. The summed E-state index contributed by atoms with van der Waals surface area (Å²) < 4.78 is 29.0. The van der Waals surface area contributed by atoms with Crippen LogP contribution in [0, 0.1) is 0 Å². The van der Waals surface area contributed by atoms with E-state index in [0.717, 1.165) is 5.56 Å². The molecule has 0 radical (unpaired) electrons. The van der Waals surface area contributed by atoms with Crippen LogP contribution in [0.2, 0.25) is 0 Å². The number of rotatable bonds is 4. The van der Waals surface area contributed by atoms with Crippen LogP contribution in [0.3, 0.4) is 0 Å². The maximum absolute atomic E-state index is 12.8. The number of carbonyl (C=O) groups excluding carboxylic acids is 2. The number of nitrogens with zero attached hydrogens (tertiary/aromatic N) is 2. The van der Waals surface area contributed by atoms with Gasteiger partial charge < -0.3 is 4.90 Å². The lowest BCUT2D eigenvalue weighted by atomic mass is 9.99. The van der Waals surface area contributed by atoms with E-state index in [1.807, 2.05) is 31.4 Å². The number of fused-ring (bicyclic) bond motifs is 1. The number of allylic oxidation sites excluding steroid dienone is 2. The van der Waals surface area contributed by atoms with E-state index in [1.54, 1.807) is 24.4 Å². The van der Waals surface area contributed by atoms with Gasteiger partial charge >= 0.3 is 0 Å². The highest BCUT2D eigenvalue weighted by Gasteiger charge is 2.41. The first kappa shape index (κ1) is 19.0. The van der Waals surface area contributed by atoms with Gasteiger partial charge in [-0.05, 0) is 23.6 Å². The molecule has 0 spiro atoms. The lowest BCUT2D eigenvalue weighted by Crippen LogP contribution is -2.49. The number of hydrogen-bond acceptors (Lipinski definition) is 6. The van der Waals surface area contributed by atoms with E-state index in [9.17, 15) is 18.0 Å². The lowest BCUT2D eigenvalue weighted by Gasteiger charge is -2.32. The molecule has 2 heterocycles. The molecule has 0 saturated carbocycles. The lowest BCUT2D eigenvalue weighted by molar-refractivity contribution is -0.117. The van der Waals surface area contributed by atoms with E-state index < -0.39 is 27.0 Å². The van der Waals surface area contributed by atoms with Crippen LogP contribution < -0.4 is 11.3 Å². The Balaban J connectivity index is 1.94. The Morgan fingerprint density at radius 1 is 1.26 bits per heavy atom. The summed E-state index contributed by atoms with van der Waals surface area (Å²) in [5.41, 5.74) is 3.35. The normalized spacial score (nSPS) is 20.6. The van der Waals surface area contributed by atoms with Gasteiger partial charge in [-0.15, -0.1) is 4.40 Å². The van der Waals surface area contributed by atoms with Crippen molar-refractivity contribution in [3.63, 3.8) is 0 Å². The second-order valence-corrected chi connectivity index (χ2v) is 8.39. The Morgan fingerprint density at radius 2 is 1.93 bits per heavy atom. The van der Waals surface area contributed by atoms with E-state index in [0.29, 0.717) is 11.5 Å². The molecule has 1 amide bonds. The number of amidine groups is 1. The van der Waals surface area contributed by atoms with Crippen LogP contribution in [-0.4, -0.2) is 42.6 Å². The van der Waals surface area contributed by atoms with E-state index in [-0.39, 0.29) is 18.0 Å². The van der Waals surface area contributed by atoms with Crippen molar-refractivity contribution in [2.24, 2.45) is 10.2 Å². The van der Waals surface area contributed by atoms with E-state index >= 15 is 0 Å². The fraction of sp³-hybridized carbons (Fsp3) is 0.278. The third-order valence-electron chi connectivity index (χ3n) is 4.51. The van der Waals surface area contributed by atoms with Gasteiger partial charge in [0.2, 0.25) is 0 Å². The summed E-state index contributed by atoms with van der Waals surface area (Å²) in [7, 11) is -4.14. The monoisotopic (exact) mass is 388 g/mol. The second-order valence-electron chi connectivity index (χ2n) is 6.61. The van der Waals surface area contributed by atoms with Crippen molar-refractivity contribution in [1.29, 1.82) is 0 Å². The molecule has 0 aliphatic carbocycles. The molecule has 1 unspecified atom stereocenters. The number of nitrogens with two attached hydrogens (primary N) is 1. The number of hydrogen-bond donors (Lipinski definition) is 2. The summed E-state index contributed by atoms with van der Waals surface area (Å²) in [5, 5.41) is -1.35. The van der Waals surface area contributed by atoms with Crippen molar-refractivity contribution in [2.75, 3.05) is 6.54 Å². The third-order valence-corrected chi connectivity index (χ3v) is 6.02. The van der Waals surface area contributed by atoms with Gasteiger partial charge in [0.1, 0.15) is 0 Å². The molecule has 0 fully saturated rings. The molecule has 0 aromatic heterocycles. The number of nitrogens with one attached hydrogen (secondary N) is 1. The summed E-state index contributed by atoms with van der Waals surface area (Å²) >= 11 is 0. The molecule has 2 aliphatic heterocycles. The van der Waals surface area contributed by atoms with Gasteiger partial charge in [-0.1, -0.05) is 38.1 Å². The molecule has 0 bridgehead atoms. The van der Waals surface area contributed by atoms with E-state index in [4.69, 9.17) is 5.84 Å². The second kappa shape index (κ2) is 7.09. The highest BCUT2D eigenvalue weighted by Crippen LogP contribution is 2.25. The number of carbonyl (C=O) groups is 2. The number of hydrazine groups is 1. The first-order chi connectivity index (χ1) is 12.7. The minimum atomic E-state index is -4.14. The number of benzene rings is 1. The van der Waals surface area contributed by atoms with Gasteiger partial charge in [-0.3, -0.25) is 15.0 Å². The molecule has 3 N–H and O–H groups in total. The number of sulfonamides is 1. The summed E-state index contributed by atoms with van der Waals surface area (Å²) in [6.07, 6.45) is 4.56. The summed E-state index contributed by atoms with van der Waals surface area (Å²) in [6, 6.07) is 6.89. The number of amides is 1. The standard InChI is InChI=1S/C18H20N4O4S/c1-11(2)12-5-7-13(8-6-12)16(23)15-10-22-9-3-4-14(18(24)20-19)17(22)21-27(15,25)26/h3-9,11,15H,10,19H2,1-2H3,(H,20,24). The molecular formula is C18H20N4O4S. The van der Waals surface area contributed by atoms with Gasteiger partial charge in [0.25, 0.3) is 15.9 Å². The largest absolute Gasteiger partial charge is 0.330 e. The Kier molecular flexibility index (Phi) is 4.99. The first-order valence-corrected chi connectivity index (χ1v) is 9.89. The molecule has 2 aliphatic rings. The molecule has 9 heteroatoms. The molecular weight excluding hydrogens is 368 g/mol. The van der Waals surface area contributed by atoms with Crippen molar-refractivity contribution in [3.05, 3.63) is 59.3 Å². The fourth-order valence-electron chi connectivity index (χ4n) is 2.94. The van der Waals surface area contributed by atoms with Crippen molar-refractivity contribution < 1.29 is 18.0 Å². The quantitative estimate of drug-likeness (QED) is 0.341. The highest BCUT2D eigenvalue weighted by atomic mass is 32.2. The Morgan fingerprint density at radius 3 is 2.52 bits per heavy atom. The molecule has 142 valence electrons. The topological polar surface area (TPSA) is 122 Å². The van der Waals surface area contributed by atoms with Gasteiger partial charge in [0.15, 0.2) is 16.9 Å². The van der Waals surface area contributed by atoms with Crippen LogP contribution >= 0.6 is 0 Å². The van der Waals surface area contributed by atoms with Crippen molar-refractivity contribution in [2.45, 2.75) is 25.0 Å². The maximum Gasteiger partial charge on any atom is 0.268 e. The Bertz CT molecular complexity index is 975. The van der Waals surface area contributed by atoms with Crippen molar-refractivity contribution in [1.82, 2.24) is 10.3 Å². The van der Waals surface area contributed by atoms with Gasteiger partial charge in [-0.25, -0.2) is 14.3 Å². The third kappa shape index (κ3) is 3.56. The maximum atomic E-state index is 12.8. The summed E-state index contributed by atoms with van der Waals surface area (Å²) in [4.78, 5) is 26.1. The van der Waals surface area contributed by atoms with E-state index in [1.165, 1.54) is 11.0 Å². The Labute approximate surface area is 157 Å². The molecule has 8 nitrogen and oxygen atoms in total.